The average Bonchev–Trinajstić information content (AvgIpc) is 2.89. The van der Waals surface area contributed by atoms with E-state index in [1.54, 1.807) is 0 Å². The minimum atomic E-state index is -0.982. The van der Waals surface area contributed by atoms with E-state index in [9.17, 15) is 0 Å². The highest BCUT2D eigenvalue weighted by Gasteiger charge is 2.34. The van der Waals surface area contributed by atoms with Gasteiger partial charge in [-0.1, -0.05) is 53.2 Å². The standard InChI is InChI=1S/C26H34FNO2.C3H8.CH4O/c1-4-19-5-7-21(8-6-19)28(17-18(2)3)22-9-10-25-23(15-22)24(27)16-26(30-25)20-11-13-29-14-12-20;1-3-2;1-2/h5-10,15,18,20,24,26H,4,11-14,16-17H2,1-3H3;3H2,1-2H3;2H,1H3. The lowest BCUT2D eigenvalue weighted by atomic mass is 9.87. The second-order valence-electron chi connectivity index (χ2n) is 9.76. The van der Waals surface area contributed by atoms with Crippen molar-refractivity contribution in [3.63, 3.8) is 0 Å². The van der Waals surface area contributed by atoms with Crippen LogP contribution in [0.25, 0.3) is 0 Å². The third-order valence-corrected chi connectivity index (χ3v) is 6.36. The number of hydrogen-bond donors (Lipinski definition) is 1. The molecule has 1 saturated heterocycles. The van der Waals surface area contributed by atoms with Gasteiger partial charge in [-0.05, 0) is 61.1 Å². The van der Waals surface area contributed by atoms with Gasteiger partial charge in [0.15, 0.2) is 0 Å². The monoisotopic (exact) mass is 487 g/mol. The van der Waals surface area contributed by atoms with E-state index in [4.69, 9.17) is 14.6 Å². The van der Waals surface area contributed by atoms with E-state index < -0.39 is 6.17 Å². The summed E-state index contributed by atoms with van der Waals surface area (Å²) < 4.78 is 27.0. The zero-order chi connectivity index (χ0) is 25.8. The van der Waals surface area contributed by atoms with Gasteiger partial charge in [-0.2, -0.15) is 0 Å². The van der Waals surface area contributed by atoms with Gasteiger partial charge in [0.25, 0.3) is 0 Å². The van der Waals surface area contributed by atoms with E-state index in [2.05, 4.69) is 69.9 Å². The molecule has 0 amide bonds. The number of aliphatic hydroxyl groups is 1. The predicted molar refractivity (Wildman–Crippen MR) is 145 cm³/mol. The highest BCUT2D eigenvalue weighted by atomic mass is 19.1. The van der Waals surface area contributed by atoms with Crippen molar-refractivity contribution in [3.05, 3.63) is 53.6 Å². The molecule has 4 rings (SSSR count). The Morgan fingerprint density at radius 3 is 2.14 bits per heavy atom. The van der Waals surface area contributed by atoms with Crippen LogP contribution in [-0.2, 0) is 11.2 Å². The number of aryl methyl sites for hydroxylation is 1. The lowest BCUT2D eigenvalue weighted by Crippen LogP contribution is -2.35. The molecule has 2 aliphatic heterocycles. The Bertz CT molecular complexity index is 849. The first kappa shape index (κ1) is 29.1. The summed E-state index contributed by atoms with van der Waals surface area (Å²) in [6.45, 7) is 13.2. The van der Waals surface area contributed by atoms with Gasteiger partial charge in [0.05, 0.1) is 0 Å². The molecular weight excluding hydrogens is 441 g/mol. The van der Waals surface area contributed by atoms with E-state index in [-0.39, 0.29) is 6.10 Å². The molecule has 2 aromatic rings. The van der Waals surface area contributed by atoms with Crippen LogP contribution in [0.2, 0.25) is 0 Å². The van der Waals surface area contributed by atoms with Gasteiger partial charge in [0.1, 0.15) is 18.0 Å². The molecule has 4 nitrogen and oxygen atoms in total. The fourth-order valence-corrected chi connectivity index (χ4v) is 4.61. The summed E-state index contributed by atoms with van der Waals surface area (Å²) in [5, 5.41) is 7.00. The van der Waals surface area contributed by atoms with Crippen LogP contribution in [0, 0.1) is 11.8 Å². The third kappa shape index (κ3) is 8.22. The zero-order valence-corrected chi connectivity index (χ0v) is 22.6. The van der Waals surface area contributed by atoms with Crippen molar-refractivity contribution in [1.29, 1.82) is 0 Å². The predicted octanol–water partition coefficient (Wildman–Crippen LogP) is 7.66. The van der Waals surface area contributed by atoms with Gasteiger partial charge >= 0.3 is 0 Å². The molecule has 0 aliphatic carbocycles. The zero-order valence-electron chi connectivity index (χ0n) is 22.6. The van der Waals surface area contributed by atoms with Crippen molar-refractivity contribution >= 4 is 11.4 Å². The Morgan fingerprint density at radius 2 is 1.57 bits per heavy atom. The van der Waals surface area contributed by atoms with Crippen LogP contribution in [0.1, 0.15) is 77.6 Å². The number of fused-ring (bicyclic) bond motifs is 1. The minimum absolute atomic E-state index is 0.0457. The van der Waals surface area contributed by atoms with Gasteiger partial charge in [-0.25, -0.2) is 4.39 Å². The number of halogens is 1. The van der Waals surface area contributed by atoms with Crippen molar-refractivity contribution in [2.45, 2.75) is 79.0 Å². The first-order valence-electron chi connectivity index (χ1n) is 13.3. The van der Waals surface area contributed by atoms with Crippen LogP contribution in [0.4, 0.5) is 15.8 Å². The summed E-state index contributed by atoms with van der Waals surface area (Å²) in [6, 6.07) is 14.7. The Balaban J connectivity index is 0.000000803. The maximum Gasteiger partial charge on any atom is 0.132 e. The fraction of sp³-hybridized carbons (Fsp3) is 0.600. The van der Waals surface area contributed by atoms with Gasteiger partial charge in [0.2, 0.25) is 0 Å². The van der Waals surface area contributed by atoms with Crippen LogP contribution < -0.4 is 9.64 Å². The van der Waals surface area contributed by atoms with E-state index in [0.29, 0.717) is 29.6 Å². The molecule has 0 saturated carbocycles. The quantitative estimate of drug-likeness (QED) is 0.454. The molecule has 0 spiro atoms. The number of alkyl halides is 1. The molecule has 2 heterocycles. The van der Waals surface area contributed by atoms with E-state index in [1.807, 2.05) is 12.1 Å². The Kier molecular flexibility index (Phi) is 12.6. The van der Waals surface area contributed by atoms with Gasteiger partial charge < -0.3 is 19.5 Å². The maximum absolute atomic E-state index is 15.3. The Hall–Kier alpha value is -2.11. The molecule has 0 aromatic heterocycles. The van der Waals surface area contributed by atoms with Gasteiger partial charge in [-0.3, -0.25) is 0 Å². The van der Waals surface area contributed by atoms with Crippen LogP contribution in [-0.4, -0.2) is 38.1 Å². The first-order valence-corrected chi connectivity index (χ1v) is 13.3. The molecule has 35 heavy (non-hydrogen) atoms. The average molecular weight is 488 g/mol. The Morgan fingerprint density at radius 1 is 0.971 bits per heavy atom. The molecule has 2 aromatic carbocycles. The number of hydrogen-bond acceptors (Lipinski definition) is 4. The highest BCUT2D eigenvalue weighted by molar-refractivity contribution is 5.66. The molecule has 1 fully saturated rings. The lowest BCUT2D eigenvalue weighted by Gasteiger charge is -2.36. The summed E-state index contributed by atoms with van der Waals surface area (Å²) in [5.74, 6) is 1.58. The highest BCUT2D eigenvalue weighted by Crippen LogP contribution is 2.43. The smallest absolute Gasteiger partial charge is 0.132 e. The van der Waals surface area contributed by atoms with Crippen molar-refractivity contribution in [2.24, 2.45) is 11.8 Å². The van der Waals surface area contributed by atoms with Gasteiger partial charge in [-0.15, -0.1) is 0 Å². The minimum Gasteiger partial charge on any atom is -0.490 e. The molecule has 0 bridgehead atoms. The topological polar surface area (TPSA) is 41.9 Å². The van der Waals surface area contributed by atoms with Crippen molar-refractivity contribution in [3.8, 4) is 5.75 Å². The molecule has 2 unspecified atom stereocenters. The number of nitrogens with zero attached hydrogens (tertiary/aromatic N) is 1. The molecule has 5 heteroatoms. The Labute approximate surface area is 212 Å². The third-order valence-electron chi connectivity index (χ3n) is 6.36. The molecule has 2 aliphatic rings. The number of rotatable bonds is 6. The molecule has 1 N–H and O–H groups in total. The van der Waals surface area contributed by atoms with Crippen LogP contribution in [0.3, 0.4) is 0 Å². The second kappa shape index (κ2) is 15.1. The molecular formula is C30H46FNO3. The van der Waals surface area contributed by atoms with E-state index in [1.165, 1.54) is 12.0 Å². The lowest BCUT2D eigenvalue weighted by molar-refractivity contribution is -0.00193. The number of ether oxygens (including phenoxy) is 2. The molecule has 2 atom stereocenters. The largest absolute Gasteiger partial charge is 0.490 e. The van der Waals surface area contributed by atoms with Gasteiger partial charge in [0, 0.05) is 56.1 Å². The van der Waals surface area contributed by atoms with Crippen molar-refractivity contribution < 1.29 is 19.0 Å². The summed E-state index contributed by atoms with van der Waals surface area (Å²) >= 11 is 0. The number of anilines is 2. The summed E-state index contributed by atoms with van der Waals surface area (Å²) in [5.41, 5.74) is 4.19. The van der Waals surface area contributed by atoms with Crippen LogP contribution >= 0.6 is 0 Å². The number of benzene rings is 2. The summed E-state index contributed by atoms with van der Waals surface area (Å²) in [7, 11) is 1.00. The molecule has 0 radical (unpaired) electrons. The molecule has 196 valence electrons. The summed E-state index contributed by atoms with van der Waals surface area (Å²) in [6.07, 6.45) is 3.61. The van der Waals surface area contributed by atoms with Crippen molar-refractivity contribution in [2.75, 3.05) is 31.8 Å². The number of aliphatic hydroxyl groups excluding tert-OH is 1. The van der Waals surface area contributed by atoms with E-state index >= 15 is 4.39 Å². The SMILES string of the molecule is CCC.CCc1ccc(N(CC(C)C)c2ccc3c(c2)C(F)CC(C2CCOCC2)O3)cc1.CO. The second-order valence-corrected chi connectivity index (χ2v) is 9.76. The van der Waals surface area contributed by atoms with E-state index in [0.717, 1.165) is 57.5 Å². The normalized spacial score (nSPS) is 19.5. The fourth-order valence-electron chi connectivity index (χ4n) is 4.61. The maximum atomic E-state index is 15.3. The first-order chi connectivity index (χ1) is 17.0. The van der Waals surface area contributed by atoms with Crippen LogP contribution in [0.15, 0.2) is 42.5 Å². The van der Waals surface area contributed by atoms with Crippen LogP contribution in [0.5, 0.6) is 5.75 Å². The van der Waals surface area contributed by atoms with Crippen molar-refractivity contribution in [1.82, 2.24) is 0 Å². The summed E-state index contributed by atoms with van der Waals surface area (Å²) in [4.78, 5) is 2.29.